The number of hydrogen-bond acceptors (Lipinski definition) is 3. The van der Waals surface area contributed by atoms with Gasteiger partial charge < -0.3 is 5.32 Å². The highest BCUT2D eigenvalue weighted by atomic mass is 79.9. The van der Waals surface area contributed by atoms with E-state index in [1.54, 1.807) is 11.3 Å². The molecule has 0 atom stereocenters. The van der Waals surface area contributed by atoms with Gasteiger partial charge in [0.2, 0.25) is 0 Å². The summed E-state index contributed by atoms with van der Waals surface area (Å²) in [4.78, 5) is 5.65. The molecule has 0 amide bonds. The lowest BCUT2D eigenvalue weighted by Crippen LogP contribution is -2.36. The molecule has 1 aromatic carbocycles. The molecule has 0 aliphatic rings. The van der Waals surface area contributed by atoms with Gasteiger partial charge >= 0.3 is 0 Å². The fourth-order valence-electron chi connectivity index (χ4n) is 2.43. The molecule has 0 aliphatic carbocycles. The van der Waals surface area contributed by atoms with Gasteiger partial charge in [0.25, 0.3) is 0 Å². The zero-order chi connectivity index (χ0) is 15.0. The lowest BCUT2D eigenvalue weighted by molar-refractivity contribution is 0.397. The van der Waals surface area contributed by atoms with Crippen molar-refractivity contribution in [3.8, 4) is 0 Å². The first kappa shape index (κ1) is 14.8. The molecule has 0 saturated heterocycles. The van der Waals surface area contributed by atoms with Gasteiger partial charge in [-0.1, -0.05) is 28.1 Å². The summed E-state index contributed by atoms with van der Waals surface area (Å²) in [6.45, 7) is 7.28. The van der Waals surface area contributed by atoms with E-state index in [-0.39, 0.29) is 5.54 Å². The maximum absolute atomic E-state index is 4.59. The van der Waals surface area contributed by atoms with Gasteiger partial charge in [0.1, 0.15) is 0 Å². The molecule has 1 N–H and O–H groups in total. The van der Waals surface area contributed by atoms with Crippen molar-refractivity contribution in [3.63, 3.8) is 0 Å². The largest absolute Gasteiger partial charge is 0.302 e. The average Bonchev–Trinajstić information content (AvgIpc) is 2.98. The molecule has 0 spiro atoms. The summed E-state index contributed by atoms with van der Waals surface area (Å²) >= 11 is 5.16. The highest BCUT2D eigenvalue weighted by molar-refractivity contribution is 9.10. The Morgan fingerprint density at radius 2 is 2.00 bits per heavy atom. The summed E-state index contributed by atoms with van der Waals surface area (Å²) < 4.78 is 3.28. The third-order valence-corrected chi connectivity index (χ3v) is 5.11. The molecule has 0 bridgehead atoms. The third kappa shape index (κ3) is 2.91. The SMILES string of the molecule is Cc1nc2sccn2c1CNC(C)(C)c1ccc(Br)cc1. The fourth-order valence-corrected chi connectivity index (χ4v) is 3.47. The molecular formula is C16H18BrN3S. The minimum Gasteiger partial charge on any atom is -0.302 e. The molecule has 3 rings (SSSR count). The van der Waals surface area contributed by atoms with E-state index < -0.39 is 0 Å². The monoisotopic (exact) mass is 363 g/mol. The molecule has 21 heavy (non-hydrogen) atoms. The molecule has 3 nitrogen and oxygen atoms in total. The molecule has 0 radical (unpaired) electrons. The van der Waals surface area contributed by atoms with Crippen molar-refractivity contribution in [2.75, 3.05) is 0 Å². The van der Waals surface area contributed by atoms with Crippen LogP contribution in [0.5, 0.6) is 0 Å². The average molecular weight is 364 g/mol. The zero-order valence-corrected chi connectivity index (χ0v) is 14.8. The van der Waals surface area contributed by atoms with Crippen molar-refractivity contribution in [1.82, 2.24) is 14.7 Å². The molecular weight excluding hydrogens is 346 g/mol. The molecule has 0 fully saturated rings. The van der Waals surface area contributed by atoms with E-state index in [1.165, 1.54) is 11.3 Å². The quantitative estimate of drug-likeness (QED) is 0.739. The summed E-state index contributed by atoms with van der Waals surface area (Å²) in [5, 5.41) is 5.72. The van der Waals surface area contributed by atoms with Gasteiger partial charge in [0.15, 0.2) is 4.96 Å². The van der Waals surface area contributed by atoms with Crippen molar-refractivity contribution in [2.24, 2.45) is 0 Å². The van der Waals surface area contributed by atoms with Crippen LogP contribution in [-0.2, 0) is 12.1 Å². The van der Waals surface area contributed by atoms with Crippen molar-refractivity contribution in [3.05, 3.63) is 57.3 Å². The first-order valence-electron chi connectivity index (χ1n) is 6.89. The van der Waals surface area contributed by atoms with Gasteiger partial charge in [-0.15, -0.1) is 11.3 Å². The van der Waals surface area contributed by atoms with Gasteiger partial charge in [-0.25, -0.2) is 4.98 Å². The molecule has 110 valence electrons. The molecule has 0 aliphatic heterocycles. The van der Waals surface area contributed by atoms with Crippen LogP contribution in [0.2, 0.25) is 0 Å². The number of hydrogen-bond donors (Lipinski definition) is 1. The summed E-state index contributed by atoms with van der Waals surface area (Å²) in [5.41, 5.74) is 3.51. The Kier molecular flexibility index (Phi) is 3.90. The van der Waals surface area contributed by atoms with Gasteiger partial charge in [-0.3, -0.25) is 4.40 Å². The second kappa shape index (κ2) is 5.55. The first-order chi connectivity index (χ1) is 9.97. The Morgan fingerprint density at radius 3 is 2.71 bits per heavy atom. The van der Waals surface area contributed by atoms with Crippen molar-refractivity contribution < 1.29 is 0 Å². The fraction of sp³-hybridized carbons (Fsp3) is 0.312. The lowest BCUT2D eigenvalue weighted by Gasteiger charge is -2.27. The van der Waals surface area contributed by atoms with Gasteiger partial charge in [0, 0.05) is 28.1 Å². The van der Waals surface area contributed by atoms with E-state index in [2.05, 4.69) is 87.2 Å². The Balaban J connectivity index is 1.81. The Hall–Kier alpha value is -1.17. The van der Waals surface area contributed by atoms with Crippen LogP contribution in [0.25, 0.3) is 4.96 Å². The minimum atomic E-state index is -0.0900. The Morgan fingerprint density at radius 1 is 1.29 bits per heavy atom. The first-order valence-corrected chi connectivity index (χ1v) is 8.57. The van der Waals surface area contributed by atoms with Crippen LogP contribution < -0.4 is 5.32 Å². The van der Waals surface area contributed by atoms with Gasteiger partial charge in [-0.2, -0.15) is 0 Å². The number of aryl methyl sites for hydroxylation is 1. The minimum absolute atomic E-state index is 0.0900. The smallest absolute Gasteiger partial charge is 0.194 e. The highest BCUT2D eigenvalue weighted by Crippen LogP contribution is 2.24. The van der Waals surface area contributed by atoms with Crippen LogP contribution in [0.15, 0.2) is 40.3 Å². The van der Waals surface area contributed by atoms with Crippen molar-refractivity contribution >= 4 is 32.2 Å². The van der Waals surface area contributed by atoms with E-state index in [0.29, 0.717) is 0 Å². The second-order valence-electron chi connectivity index (χ2n) is 5.68. The number of benzene rings is 1. The predicted octanol–water partition coefficient (Wildman–Crippen LogP) is 4.49. The van der Waals surface area contributed by atoms with E-state index in [9.17, 15) is 0 Å². The van der Waals surface area contributed by atoms with Crippen LogP contribution in [0, 0.1) is 6.92 Å². The number of imidazole rings is 1. The van der Waals surface area contributed by atoms with E-state index in [1.807, 2.05) is 0 Å². The molecule has 3 aromatic rings. The van der Waals surface area contributed by atoms with Crippen LogP contribution in [-0.4, -0.2) is 9.38 Å². The van der Waals surface area contributed by atoms with E-state index >= 15 is 0 Å². The molecule has 0 unspecified atom stereocenters. The molecule has 2 aromatic heterocycles. The number of rotatable bonds is 4. The summed E-state index contributed by atoms with van der Waals surface area (Å²) in [6, 6.07) is 8.47. The maximum atomic E-state index is 4.59. The molecule has 5 heteroatoms. The number of fused-ring (bicyclic) bond motifs is 1. The molecule has 2 heterocycles. The highest BCUT2D eigenvalue weighted by Gasteiger charge is 2.21. The van der Waals surface area contributed by atoms with Gasteiger partial charge in [-0.05, 0) is 38.5 Å². The van der Waals surface area contributed by atoms with Crippen LogP contribution in [0.4, 0.5) is 0 Å². The van der Waals surface area contributed by atoms with E-state index in [4.69, 9.17) is 0 Å². The van der Waals surface area contributed by atoms with Crippen molar-refractivity contribution in [1.29, 1.82) is 0 Å². The zero-order valence-electron chi connectivity index (χ0n) is 12.4. The summed E-state index contributed by atoms with van der Waals surface area (Å²) in [7, 11) is 0. The number of nitrogens with zero attached hydrogens (tertiary/aromatic N) is 2. The van der Waals surface area contributed by atoms with Gasteiger partial charge in [0.05, 0.1) is 11.4 Å². The number of halogens is 1. The van der Waals surface area contributed by atoms with Crippen LogP contribution >= 0.6 is 27.3 Å². The maximum Gasteiger partial charge on any atom is 0.194 e. The lowest BCUT2D eigenvalue weighted by atomic mass is 9.94. The molecule has 0 saturated carbocycles. The normalized spacial score (nSPS) is 12.2. The Bertz CT molecular complexity index is 756. The number of thiazole rings is 1. The standard InChI is InChI=1S/C16H18BrN3S/c1-11-14(20-8-9-21-15(20)19-11)10-18-16(2,3)12-4-6-13(17)7-5-12/h4-9,18H,10H2,1-3H3. The number of aromatic nitrogens is 2. The summed E-state index contributed by atoms with van der Waals surface area (Å²) in [5.74, 6) is 0. The second-order valence-corrected chi connectivity index (χ2v) is 7.47. The predicted molar refractivity (Wildman–Crippen MR) is 91.8 cm³/mol. The third-order valence-electron chi connectivity index (χ3n) is 3.82. The van der Waals surface area contributed by atoms with Crippen LogP contribution in [0.1, 0.15) is 30.8 Å². The van der Waals surface area contributed by atoms with E-state index in [0.717, 1.165) is 21.7 Å². The van der Waals surface area contributed by atoms with Crippen molar-refractivity contribution in [2.45, 2.75) is 32.9 Å². The Labute approximate surface area is 137 Å². The summed E-state index contributed by atoms with van der Waals surface area (Å²) in [6.07, 6.45) is 2.09. The topological polar surface area (TPSA) is 29.3 Å². The number of nitrogens with one attached hydrogen (secondary N) is 1. The van der Waals surface area contributed by atoms with Crippen LogP contribution in [0.3, 0.4) is 0 Å².